The zero-order chi connectivity index (χ0) is 28.7. The first-order chi connectivity index (χ1) is 19.8. The molecule has 2 aliphatic heterocycles. The predicted octanol–water partition coefficient (Wildman–Crippen LogP) is 3.84. The summed E-state index contributed by atoms with van der Waals surface area (Å²) in [6.07, 6.45) is 0.478. The number of thioether (sulfide) groups is 1. The van der Waals surface area contributed by atoms with Crippen molar-refractivity contribution >= 4 is 40.4 Å². The molecule has 2 fully saturated rings. The highest BCUT2D eigenvalue weighted by atomic mass is 32.2. The van der Waals surface area contributed by atoms with Crippen molar-refractivity contribution in [3.8, 4) is 0 Å². The molecule has 0 saturated carbocycles. The Morgan fingerprint density at radius 3 is 2.61 bits per heavy atom. The van der Waals surface area contributed by atoms with E-state index in [1.165, 1.54) is 16.7 Å². The zero-order valence-electron chi connectivity index (χ0n) is 22.9. The van der Waals surface area contributed by atoms with Crippen LogP contribution in [0, 0.1) is 6.92 Å². The van der Waals surface area contributed by atoms with Crippen LogP contribution in [0.5, 0.6) is 0 Å². The first kappa shape index (κ1) is 27.1. The Balaban J connectivity index is 1.22. The van der Waals surface area contributed by atoms with Gasteiger partial charge in [-0.3, -0.25) is 14.4 Å². The smallest absolute Gasteiger partial charge is 0.255 e. The quantitative estimate of drug-likeness (QED) is 0.280. The Bertz CT molecular complexity index is 1620. The number of likely N-dealkylation sites (tertiary alicyclic amines) is 1. The highest BCUT2D eigenvalue weighted by Gasteiger charge is 2.65. The van der Waals surface area contributed by atoms with Gasteiger partial charge >= 0.3 is 0 Å². The van der Waals surface area contributed by atoms with Crippen molar-refractivity contribution in [1.29, 1.82) is 0 Å². The molecule has 0 spiro atoms. The van der Waals surface area contributed by atoms with Crippen LogP contribution in [0.25, 0.3) is 10.9 Å². The fourth-order valence-electron chi connectivity index (χ4n) is 5.90. The second-order valence-corrected chi connectivity index (χ2v) is 12.2. The van der Waals surface area contributed by atoms with Gasteiger partial charge in [-0.25, -0.2) is 0 Å². The van der Waals surface area contributed by atoms with Crippen LogP contribution in [0.2, 0.25) is 0 Å². The van der Waals surface area contributed by atoms with Gasteiger partial charge in [-0.15, -0.1) is 11.8 Å². The molecular formula is C32H32N4O4S. The van der Waals surface area contributed by atoms with Crippen LogP contribution in [-0.2, 0) is 22.6 Å². The Kier molecular flexibility index (Phi) is 7.09. The Morgan fingerprint density at radius 1 is 1.07 bits per heavy atom. The first-order valence-electron chi connectivity index (χ1n) is 13.7. The summed E-state index contributed by atoms with van der Waals surface area (Å²) in [5, 5.41) is 15.1. The molecule has 6 rings (SSSR count). The summed E-state index contributed by atoms with van der Waals surface area (Å²) in [7, 11) is 0. The highest BCUT2D eigenvalue weighted by molar-refractivity contribution is 8.01. The molecule has 3 amide bonds. The first-order valence-corrected chi connectivity index (χ1v) is 14.7. The molecule has 1 aromatic heterocycles. The van der Waals surface area contributed by atoms with E-state index in [9.17, 15) is 19.5 Å². The van der Waals surface area contributed by atoms with Crippen molar-refractivity contribution in [2.45, 2.75) is 49.9 Å². The fourth-order valence-corrected chi connectivity index (χ4v) is 7.27. The molecule has 2 saturated heterocycles. The Labute approximate surface area is 242 Å². The SMILES string of the molecule is Cc1ccccc1CN1C(=O)[C@H]2N(C(=O)[C@@H](O)C(Cc3ccccc3)NC(=O)c3cccc4[nH]ccc34)CSC21C. The van der Waals surface area contributed by atoms with Crippen LogP contribution < -0.4 is 5.32 Å². The maximum absolute atomic E-state index is 13.8. The topological polar surface area (TPSA) is 106 Å². The molecular weight excluding hydrogens is 536 g/mol. The maximum atomic E-state index is 13.8. The van der Waals surface area contributed by atoms with Gasteiger partial charge in [-0.2, -0.15) is 0 Å². The van der Waals surface area contributed by atoms with Crippen LogP contribution in [0.4, 0.5) is 0 Å². The summed E-state index contributed by atoms with van der Waals surface area (Å²) < 4.78 is 0. The number of aromatic nitrogens is 1. The van der Waals surface area contributed by atoms with E-state index in [1.807, 2.05) is 85.5 Å². The molecule has 3 heterocycles. The number of H-pyrrole nitrogens is 1. The van der Waals surface area contributed by atoms with Crippen molar-refractivity contribution in [1.82, 2.24) is 20.1 Å². The maximum Gasteiger partial charge on any atom is 0.255 e. The minimum absolute atomic E-state index is 0.135. The van der Waals surface area contributed by atoms with Crippen molar-refractivity contribution in [3.63, 3.8) is 0 Å². The number of hydrogen-bond donors (Lipinski definition) is 3. The zero-order valence-corrected chi connectivity index (χ0v) is 23.7. The lowest BCUT2D eigenvalue weighted by Crippen LogP contribution is -2.73. The largest absolute Gasteiger partial charge is 0.381 e. The van der Waals surface area contributed by atoms with Gasteiger partial charge in [-0.05, 0) is 55.2 Å². The summed E-state index contributed by atoms with van der Waals surface area (Å²) in [5.74, 6) is -0.796. The molecule has 0 radical (unpaired) electrons. The molecule has 41 heavy (non-hydrogen) atoms. The number of fused-ring (bicyclic) bond motifs is 2. The number of β-lactam (4-membered cyclic amide) rings is 1. The number of hydrogen-bond acceptors (Lipinski definition) is 5. The van der Waals surface area contributed by atoms with E-state index in [1.54, 1.807) is 18.3 Å². The van der Waals surface area contributed by atoms with Gasteiger partial charge in [0.25, 0.3) is 11.8 Å². The second-order valence-electron chi connectivity index (χ2n) is 10.8. The van der Waals surface area contributed by atoms with Gasteiger partial charge in [0.2, 0.25) is 5.91 Å². The Morgan fingerprint density at radius 2 is 1.83 bits per heavy atom. The molecule has 0 bridgehead atoms. The van der Waals surface area contributed by atoms with Crippen LogP contribution in [-0.4, -0.2) is 66.5 Å². The van der Waals surface area contributed by atoms with Crippen LogP contribution in [0.15, 0.2) is 85.1 Å². The van der Waals surface area contributed by atoms with Crippen molar-refractivity contribution in [2.24, 2.45) is 0 Å². The second kappa shape index (κ2) is 10.7. The molecule has 3 aromatic carbocycles. The molecule has 8 nitrogen and oxygen atoms in total. The molecule has 4 aromatic rings. The molecule has 4 atom stereocenters. The summed E-state index contributed by atoms with van der Waals surface area (Å²) in [5.41, 5.74) is 4.31. The number of nitrogens with zero attached hydrogens (tertiary/aromatic N) is 2. The number of aliphatic hydroxyl groups excluding tert-OH is 1. The van der Waals surface area contributed by atoms with Gasteiger partial charge in [0.05, 0.1) is 11.9 Å². The molecule has 210 valence electrons. The van der Waals surface area contributed by atoms with Gasteiger partial charge in [0.15, 0.2) is 6.10 Å². The van der Waals surface area contributed by atoms with Crippen molar-refractivity contribution in [2.75, 3.05) is 5.88 Å². The molecule has 2 aliphatic rings. The number of aromatic amines is 1. The van der Waals surface area contributed by atoms with E-state index in [2.05, 4.69) is 10.3 Å². The number of carbonyl (C=O) groups excluding carboxylic acids is 3. The van der Waals surface area contributed by atoms with E-state index in [4.69, 9.17) is 0 Å². The fraction of sp³-hybridized carbons (Fsp3) is 0.281. The number of rotatable bonds is 8. The predicted molar refractivity (Wildman–Crippen MR) is 159 cm³/mol. The number of nitrogens with one attached hydrogen (secondary N) is 2. The normalized spacial score (nSPS) is 21.3. The summed E-state index contributed by atoms with van der Waals surface area (Å²) in [6, 6.07) is 23.0. The number of benzene rings is 3. The number of amides is 3. The van der Waals surface area contributed by atoms with Crippen LogP contribution in [0.3, 0.4) is 0 Å². The van der Waals surface area contributed by atoms with Crippen LogP contribution in [0.1, 0.15) is 34.0 Å². The van der Waals surface area contributed by atoms with Crippen molar-refractivity contribution in [3.05, 3.63) is 107 Å². The minimum Gasteiger partial charge on any atom is -0.381 e. The summed E-state index contributed by atoms with van der Waals surface area (Å²) >= 11 is 1.52. The lowest BCUT2D eigenvalue weighted by Gasteiger charge is -2.53. The highest BCUT2D eigenvalue weighted by Crippen LogP contribution is 2.51. The van der Waals surface area contributed by atoms with E-state index in [0.29, 0.717) is 12.1 Å². The average Bonchev–Trinajstić information content (AvgIpc) is 3.59. The number of carbonyl (C=O) groups is 3. The minimum atomic E-state index is -1.54. The third-order valence-corrected chi connectivity index (χ3v) is 9.75. The van der Waals surface area contributed by atoms with Gasteiger partial charge in [0.1, 0.15) is 10.9 Å². The summed E-state index contributed by atoms with van der Waals surface area (Å²) in [6.45, 7) is 4.46. The van der Waals surface area contributed by atoms with E-state index >= 15 is 0 Å². The standard InChI is InChI=1S/C32H32N4O4S/c1-20-9-6-7-12-22(20)18-36-31(40)28-32(36,2)41-19-35(28)30(39)27(37)26(17-21-10-4-3-5-11-21)34-29(38)24-13-8-14-25-23(24)15-16-33-25/h3-16,26-28,33,37H,17-19H2,1-2H3,(H,34,38)/t26?,27-,28+,32?/m0/s1. The third-order valence-electron chi connectivity index (χ3n) is 8.31. The van der Waals surface area contributed by atoms with Gasteiger partial charge in [0, 0.05) is 29.2 Å². The number of aryl methyl sites for hydroxylation is 1. The van der Waals surface area contributed by atoms with E-state index in [-0.39, 0.29) is 24.1 Å². The summed E-state index contributed by atoms with van der Waals surface area (Å²) in [4.78, 5) is 46.4. The monoisotopic (exact) mass is 568 g/mol. The third kappa shape index (κ3) is 4.79. The number of aliphatic hydroxyl groups is 1. The Hall–Kier alpha value is -4.08. The molecule has 0 aliphatic carbocycles. The molecule has 3 N–H and O–H groups in total. The average molecular weight is 569 g/mol. The molecule has 9 heteroatoms. The lowest BCUT2D eigenvalue weighted by molar-refractivity contribution is -0.168. The van der Waals surface area contributed by atoms with Crippen molar-refractivity contribution < 1.29 is 19.5 Å². The van der Waals surface area contributed by atoms with Gasteiger partial charge in [-0.1, -0.05) is 60.7 Å². The van der Waals surface area contributed by atoms with Crippen LogP contribution >= 0.6 is 11.8 Å². The van der Waals surface area contributed by atoms with E-state index < -0.39 is 29.0 Å². The lowest BCUT2D eigenvalue weighted by atomic mass is 9.91. The molecule has 2 unspecified atom stereocenters. The van der Waals surface area contributed by atoms with E-state index in [0.717, 1.165) is 27.6 Å². The van der Waals surface area contributed by atoms with Gasteiger partial charge < -0.3 is 25.2 Å².